The van der Waals surface area contributed by atoms with Crippen LogP contribution in [0.4, 0.5) is 0 Å². The molecule has 1 aromatic carbocycles. The number of rotatable bonds is 4. The Morgan fingerprint density at radius 3 is 2.86 bits per heavy atom. The van der Waals surface area contributed by atoms with Crippen LogP contribution in [0.2, 0.25) is 0 Å². The number of carboxylic acid groups (broad SMARTS) is 1. The molecule has 0 fully saturated rings. The molecule has 7 heteroatoms. The zero-order valence-corrected chi connectivity index (χ0v) is 11.4. The molecule has 0 aliphatic carbocycles. The fourth-order valence-electron chi connectivity index (χ4n) is 2.39. The molecule has 0 spiro atoms. The molecule has 0 amide bonds. The number of nitrogens with zero attached hydrogens (tertiary/aromatic N) is 3. The zero-order valence-electron chi connectivity index (χ0n) is 11.4. The van der Waals surface area contributed by atoms with Gasteiger partial charge in [0.25, 0.3) is 0 Å². The van der Waals surface area contributed by atoms with Crippen molar-refractivity contribution >= 4 is 17.0 Å². The van der Waals surface area contributed by atoms with Gasteiger partial charge in [-0.2, -0.15) is 5.10 Å². The van der Waals surface area contributed by atoms with E-state index < -0.39 is 5.97 Å². The lowest BCUT2D eigenvalue weighted by Gasteiger charge is -2.04. The maximum atomic E-state index is 12.0. The Bertz CT molecular complexity index is 872. The molecule has 2 aromatic heterocycles. The van der Waals surface area contributed by atoms with Crippen LogP contribution < -0.4 is 5.69 Å². The van der Waals surface area contributed by atoms with Crippen LogP contribution in [0.5, 0.6) is 0 Å². The van der Waals surface area contributed by atoms with Crippen molar-refractivity contribution in [1.82, 2.24) is 19.3 Å². The third-order valence-corrected chi connectivity index (χ3v) is 3.54. The van der Waals surface area contributed by atoms with E-state index in [0.717, 1.165) is 5.69 Å². The van der Waals surface area contributed by atoms with Crippen molar-refractivity contribution in [3.05, 3.63) is 52.2 Å². The predicted octanol–water partition coefficient (Wildman–Crippen LogP) is 1.00. The van der Waals surface area contributed by atoms with E-state index in [0.29, 0.717) is 24.0 Å². The minimum Gasteiger partial charge on any atom is -0.478 e. The van der Waals surface area contributed by atoms with Crippen LogP contribution in [-0.4, -0.2) is 30.4 Å². The molecule has 7 nitrogen and oxygen atoms in total. The fraction of sp³-hybridized carbons (Fsp3) is 0.214. The van der Waals surface area contributed by atoms with Gasteiger partial charge in [-0.3, -0.25) is 9.25 Å². The van der Waals surface area contributed by atoms with E-state index in [-0.39, 0.29) is 11.3 Å². The average molecular weight is 286 g/mol. The summed E-state index contributed by atoms with van der Waals surface area (Å²) in [7, 11) is 1.85. The van der Waals surface area contributed by atoms with Crippen molar-refractivity contribution in [2.45, 2.75) is 13.0 Å². The zero-order chi connectivity index (χ0) is 15.0. The SMILES string of the molecule is Cn1nccc1CCn1c(=O)[nH]c2cc(C(=O)O)ccc21. The molecule has 3 aromatic rings. The second kappa shape index (κ2) is 4.93. The number of carbonyl (C=O) groups is 1. The second-order valence-electron chi connectivity index (χ2n) is 4.82. The Morgan fingerprint density at radius 1 is 1.38 bits per heavy atom. The first kappa shape index (κ1) is 13.2. The number of imidazole rings is 1. The number of aryl methyl sites for hydroxylation is 3. The molecule has 0 aliphatic heterocycles. The van der Waals surface area contributed by atoms with Gasteiger partial charge < -0.3 is 10.1 Å². The summed E-state index contributed by atoms with van der Waals surface area (Å²) >= 11 is 0. The molecular formula is C14H14N4O3. The van der Waals surface area contributed by atoms with E-state index >= 15 is 0 Å². The van der Waals surface area contributed by atoms with Gasteiger partial charge in [0.05, 0.1) is 16.6 Å². The first-order chi connectivity index (χ1) is 10.1. The maximum Gasteiger partial charge on any atom is 0.335 e. The number of aromatic nitrogens is 4. The van der Waals surface area contributed by atoms with Crippen LogP contribution in [0, 0.1) is 0 Å². The van der Waals surface area contributed by atoms with Gasteiger partial charge in [-0.05, 0) is 24.3 Å². The number of H-pyrrole nitrogens is 1. The molecule has 0 atom stereocenters. The molecule has 3 rings (SSSR count). The molecule has 0 saturated heterocycles. The molecule has 2 N–H and O–H groups in total. The highest BCUT2D eigenvalue weighted by Crippen LogP contribution is 2.13. The smallest absolute Gasteiger partial charge is 0.335 e. The van der Waals surface area contributed by atoms with Crippen LogP contribution in [-0.2, 0) is 20.0 Å². The average Bonchev–Trinajstić information content (AvgIpc) is 2.98. The highest BCUT2D eigenvalue weighted by atomic mass is 16.4. The Kier molecular flexibility index (Phi) is 3.09. The topological polar surface area (TPSA) is 92.9 Å². The summed E-state index contributed by atoms with van der Waals surface area (Å²) in [5.74, 6) is -1.01. The van der Waals surface area contributed by atoms with E-state index in [9.17, 15) is 9.59 Å². The van der Waals surface area contributed by atoms with E-state index in [1.807, 2.05) is 13.1 Å². The van der Waals surface area contributed by atoms with Crippen molar-refractivity contribution in [2.75, 3.05) is 0 Å². The largest absolute Gasteiger partial charge is 0.478 e. The molecule has 21 heavy (non-hydrogen) atoms. The number of hydrogen-bond acceptors (Lipinski definition) is 3. The summed E-state index contributed by atoms with van der Waals surface area (Å²) in [5, 5.41) is 13.1. The number of nitrogens with one attached hydrogen (secondary N) is 1. The van der Waals surface area contributed by atoms with Crippen molar-refractivity contribution in [1.29, 1.82) is 0 Å². The monoisotopic (exact) mass is 286 g/mol. The van der Waals surface area contributed by atoms with Gasteiger partial charge in [0.2, 0.25) is 0 Å². The third kappa shape index (κ3) is 2.33. The van der Waals surface area contributed by atoms with Crippen LogP contribution in [0.15, 0.2) is 35.3 Å². The summed E-state index contributed by atoms with van der Waals surface area (Å²) in [6.07, 6.45) is 2.39. The lowest BCUT2D eigenvalue weighted by Crippen LogP contribution is -2.18. The standard InChI is InChI=1S/C14H14N4O3/c1-17-10(4-6-15-17)5-7-18-12-3-2-9(13(19)20)8-11(12)16-14(18)21/h2-4,6,8H,5,7H2,1H3,(H,16,21)(H,19,20). The fourth-order valence-corrected chi connectivity index (χ4v) is 2.39. The lowest BCUT2D eigenvalue weighted by atomic mass is 10.2. The first-order valence-electron chi connectivity index (χ1n) is 6.49. The van der Waals surface area contributed by atoms with Gasteiger partial charge in [-0.1, -0.05) is 0 Å². The summed E-state index contributed by atoms with van der Waals surface area (Å²) in [6, 6.07) is 6.53. The Labute approximate surface area is 119 Å². The molecular weight excluding hydrogens is 272 g/mol. The summed E-state index contributed by atoms with van der Waals surface area (Å²) in [4.78, 5) is 25.6. The number of benzene rings is 1. The van der Waals surface area contributed by atoms with Crippen LogP contribution in [0.1, 0.15) is 16.1 Å². The van der Waals surface area contributed by atoms with Gasteiger partial charge in [-0.25, -0.2) is 9.59 Å². The van der Waals surface area contributed by atoms with Gasteiger partial charge in [0.1, 0.15) is 0 Å². The summed E-state index contributed by atoms with van der Waals surface area (Å²) in [5.41, 5.74) is 2.17. The minimum atomic E-state index is -1.01. The first-order valence-corrected chi connectivity index (χ1v) is 6.49. The maximum absolute atomic E-state index is 12.0. The van der Waals surface area contributed by atoms with E-state index in [4.69, 9.17) is 5.11 Å². The molecule has 0 unspecified atom stereocenters. The third-order valence-electron chi connectivity index (χ3n) is 3.54. The predicted molar refractivity (Wildman–Crippen MR) is 76.4 cm³/mol. The van der Waals surface area contributed by atoms with E-state index in [2.05, 4.69) is 10.1 Å². The Hall–Kier alpha value is -2.83. The van der Waals surface area contributed by atoms with Gasteiger partial charge in [0, 0.05) is 31.9 Å². The quantitative estimate of drug-likeness (QED) is 0.748. The summed E-state index contributed by atoms with van der Waals surface area (Å²) < 4.78 is 3.37. The van der Waals surface area contributed by atoms with E-state index in [1.54, 1.807) is 21.5 Å². The Balaban J connectivity index is 1.95. The number of hydrogen-bond donors (Lipinski definition) is 2. The number of carboxylic acids is 1. The minimum absolute atomic E-state index is 0.155. The van der Waals surface area contributed by atoms with Gasteiger partial charge >= 0.3 is 11.7 Å². The molecule has 0 aliphatic rings. The van der Waals surface area contributed by atoms with Crippen LogP contribution in [0.25, 0.3) is 11.0 Å². The lowest BCUT2D eigenvalue weighted by molar-refractivity contribution is 0.0697. The number of aromatic carboxylic acids is 1. The van der Waals surface area contributed by atoms with Gasteiger partial charge in [0.15, 0.2) is 0 Å². The van der Waals surface area contributed by atoms with Crippen LogP contribution >= 0.6 is 0 Å². The molecule has 0 bridgehead atoms. The second-order valence-corrected chi connectivity index (χ2v) is 4.82. The number of fused-ring (bicyclic) bond motifs is 1. The van der Waals surface area contributed by atoms with Crippen molar-refractivity contribution < 1.29 is 9.90 Å². The molecule has 0 radical (unpaired) electrons. The summed E-state index contributed by atoms with van der Waals surface area (Å²) in [6.45, 7) is 0.505. The van der Waals surface area contributed by atoms with Crippen molar-refractivity contribution in [2.24, 2.45) is 7.05 Å². The Morgan fingerprint density at radius 2 is 2.19 bits per heavy atom. The normalized spacial score (nSPS) is 11.1. The molecule has 0 saturated carbocycles. The van der Waals surface area contributed by atoms with Crippen molar-refractivity contribution in [3.63, 3.8) is 0 Å². The number of aromatic amines is 1. The molecule has 2 heterocycles. The van der Waals surface area contributed by atoms with Crippen molar-refractivity contribution in [3.8, 4) is 0 Å². The highest BCUT2D eigenvalue weighted by Gasteiger charge is 2.10. The molecule has 108 valence electrons. The highest BCUT2D eigenvalue weighted by molar-refractivity contribution is 5.92. The van der Waals surface area contributed by atoms with Gasteiger partial charge in [-0.15, -0.1) is 0 Å². The van der Waals surface area contributed by atoms with Crippen LogP contribution in [0.3, 0.4) is 0 Å². The van der Waals surface area contributed by atoms with E-state index in [1.165, 1.54) is 12.1 Å².